The molecule has 4 aliphatic rings. The number of aliphatic hydroxyl groups excluding tert-OH is 1. The number of allylic oxidation sites excluding steroid dienone is 1. The lowest BCUT2D eigenvalue weighted by Crippen LogP contribution is -2.63. The molecule has 0 amide bonds. The second-order valence-electron chi connectivity index (χ2n) is 11.6. The Morgan fingerprint density at radius 3 is 2.51 bits per heavy atom. The van der Waals surface area contributed by atoms with Crippen molar-refractivity contribution >= 4 is 29.5 Å². The van der Waals surface area contributed by atoms with E-state index in [1.807, 2.05) is 6.92 Å². The number of hydrogen-bond donors (Lipinski definition) is 2. The van der Waals surface area contributed by atoms with E-state index in [2.05, 4.69) is 0 Å². The molecule has 1 aliphatic heterocycles. The quantitative estimate of drug-likeness (QED) is 0.257. The van der Waals surface area contributed by atoms with Gasteiger partial charge in [-0.3, -0.25) is 19.2 Å². The van der Waals surface area contributed by atoms with Crippen LogP contribution >= 0.6 is 0 Å². The van der Waals surface area contributed by atoms with Gasteiger partial charge in [0.2, 0.25) is 11.6 Å². The van der Waals surface area contributed by atoms with Gasteiger partial charge in [-0.25, -0.2) is 4.79 Å². The summed E-state index contributed by atoms with van der Waals surface area (Å²) in [6.45, 7) is 5.10. The summed E-state index contributed by atoms with van der Waals surface area (Å²) in [5, 5.41) is 19.9. The molecule has 7 atom stereocenters. The Balaban J connectivity index is 1.90. The number of nitrogens with zero attached hydrogens (tertiary/aromatic N) is 1. The van der Waals surface area contributed by atoms with Crippen molar-refractivity contribution in [1.82, 2.24) is 4.90 Å². The largest absolute Gasteiger partial charge is 0.481 e. The van der Waals surface area contributed by atoms with Crippen LogP contribution in [0.5, 0.6) is 0 Å². The second-order valence-corrected chi connectivity index (χ2v) is 11.6. The third kappa shape index (κ3) is 4.69. The molecule has 0 bridgehead atoms. The van der Waals surface area contributed by atoms with E-state index in [9.17, 15) is 29.1 Å². The van der Waals surface area contributed by atoms with E-state index in [0.717, 1.165) is 0 Å². The van der Waals surface area contributed by atoms with Crippen LogP contribution in [0.1, 0.15) is 52.9 Å². The first-order chi connectivity index (χ1) is 18.3. The maximum atomic E-state index is 14.0. The molecule has 0 radical (unpaired) electrons. The SMILES string of the molecule is COC[C@H]1OC(=O)/C(=C/N(C)CCCC(=O)O)C2C(=O)C(=O)C3=C([C@H](OC(C)=O)C[C@@]4(C)C3CC[C@@H]4O)[C@]21C. The smallest absolute Gasteiger partial charge is 0.336 e. The van der Waals surface area contributed by atoms with E-state index in [-0.39, 0.29) is 30.6 Å². The Kier molecular flexibility index (Phi) is 7.79. The monoisotopic (exact) mass is 547 g/mol. The Morgan fingerprint density at radius 2 is 1.90 bits per heavy atom. The van der Waals surface area contributed by atoms with E-state index >= 15 is 0 Å². The number of carbonyl (C=O) groups excluding carboxylic acids is 4. The molecule has 3 aliphatic carbocycles. The van der Waals surface area contributed by atoms with Gasteiger partial charge in [-0.1, -0.05) is 13.8 Å². The third-order valence-electron chi connectivity index (χ3n) is 9.13. The number of ether oxygens (including phenoxy) is 3. The zero-order valence-electron chi connectivity index (χ0n) is 23.0. The number of esters is 2. The molecular weight excluding hydrogens is 510 g/mol. The van der Waals surface area contributed by atoms with Crippen LogP contribution in [0.2, 0.25) is 0 Å². The average Bonchev–Trinajstić information content (AvgIpc) is 3.13. The minimum Gasteiger partial charge on any atom is -0.481 e. The summed E-state index contributed by atoms with van der Waals surface area (Å²) < 4.78 is 17.0. The topological polar surface area (TPSA) is 157 Å². The Labute approximate surface area is 227 Å². The first-order valence-corrected chi connectivity index (χ1v) is 13.3. The molecule has 0 aromatic carbocycles. The third-order valence-corrected chi connectivity index (χ3v) is 9.13. The van der Waals surface area contributed by atoms with Gasteiger partial charge in [0.15, 0.2) is 0 Å². The van der Waals surface area contributed by atoms with E-state index in [4.69, 9.17) is 19.3 Å². The maximum Gasteiger partial charge on any atom is 0.336 e. The second kappa shape index (κ2) is 10.5. The van der Waals surface area contributed by atoms with Gasteiger partial charge < -0.3 is 29.3 Å². The minimum atomic E-state index is -1.27. The van der Waals surface area contributed by atoms with Gasteiger partial charge in [0.05, 0.1) is 24.2 Å². The molecule has 11 nitrogen and oxygen atoms in total. The zero-order chi connectivity index (χ0) is 28.9. The lowest BCUT2D eigenvalue weighted by atomic mass is 9.50. The van der Waals surface area contributed by atoms with E-state index in [1.54, 1.807) is 18.9 Å². The number of fused-ring (bicyclic) bond motifs is 4. The highest BCUT2D eigenvalue weighted by Crippen LogP contribution is 2.63. The van der Waals surface area contributed by atoms with Gasteiger partial charge in [-0.15, -0.1) is 0 Å². The highest BCUT2D eigenvalue weighted by atomic mass is 16.6. The number of aliphatic carboxylic acids is 1. The van der Waals surface area contributed by atoms with Crippen molar-refractivity contribution in [3.8, 4) is 0 Å². The fourth-order valence-electron chi connectivity index (χ4n) is 7.27. The molecule has 0 aromatic rings. The molecule has 4 rings (SSSR count). The summed E-state index contributed by atoms with van der Waals surface area (Å²) in [6.07, 6.45) is 0.255. The average molecular weight is 548 g/mol. The minimum absolute atomic E-state index is 0.0195. The van der Waals surface area contributed by atoms with Crippen LogP contribution < -0.4 is 0 Å². The van der Waals surface area contributed by atoms with Crippen molar-refractivity contribution in [2.75, 3.05) is 27.3 Å². The first-order valence-electron chi connectivity index (χ1n) is 13.3. The van der Waals surface area contributed by atoms with Crippen molar-refractivity contribution in [3.63, 3.8) is 0 Å². The van der Waals surface area contributed by atoms with Gasteiger partial charge in [0.25, 0.3) is 0 Å². The number of carboxylic acids is 1. The van der Waals surface area contributed by atoms with Gasteiger partial charge >= 0.3 is 17.9 Å². The Morgan fingerprint density at radius 1 is 1.21 bits per heavy atom. The van der Waals surface area contributed by atoms with E-state index < -0.39 is 70.5 Å². The number of Topliss-reactive ketones (excluding diaryl/α,β-unsaturated/α-hetero) is 2. The van der Waals surface area contributed by atoms with Crippen LogP contribution in [0.4, 0.5) is 0 Å². The Bertz CT molecular complexity index is 1160. The summed E-state index contributed by atoms with van der Waals surface area (Å²) in [5.74, 6) is -5.43. The summed E-state index contributed by atoms with van der Waals surface area (Å²) in [5.41, 5.74) is -1.36. The van der Waals surface area contributed by atoms with Crippen LogP contribution in [0.15, 0.2) is 22.9 Å². The molecule has 11 heteroatoms. The molecule has 214 valence electrons. The highest BCUT2D eigenvalue weighted by molar-refractivity contribution is 6.47. The fourth-order valence-corrected chi connectivity index (χ4v) is 7.27. The standard InChI is InChI=1S/C28H37NO10/c1-14(30)38-17-11-27(2)16(8-9-18(27)31)21-23(17)28(3)19(13-37-5)39-26(36)15(22(28)25(35)24(21)34)12-29(4)10-6-7-20(32)33/h12,16-19,22,31H,6-11,13H2,1-5H3,(H,32,33)/b15-12+/t16?,17-,18+,19-,22?,27+,28+/m1/s1. The summed E-state index contributed by atoms with van der Waals surface area (Å²) in [6, 6.07) is 0. The number of methoxy groups -OCH3 is 1. The molecule has 2 N–H and O–H groups in total. The zero-order valence-corrected chi connectivity index (χ0v) is 23.0. The Hall–Kier alpha value is -3.05. The molecule has 1 saturated carbocycles. The van der Waals surface area contributed by atoms with Crippen LogP contribution in [0, 0.1) is 22.7 Å². The van der Waals surface area contributed by atoms with Gasteiger partial charge in [0, 0.05) is 56.6 Å². The van der Waals surface area contributed by atoms with Crippen molar-refractivity contribution in [3.05, 3.63) is 22.9 Å². The molecule has 1 heterocycles. The number of cyclic esters (lactones) is 1. The normalized spacial score (nSPS) is 36.7. The molecule has 39 heavy (non-hydrogen) atoms. The van der Waals surface area contributed by atoms with Gasteiger partial charge in [-0.2, -0.15) is 0 Å². The number of hydrogen-bond acceptors (Lipinski definition) is 10. The molecular formula is C28H37NO10. The highest BCUT2D eigenvalue weighted by Gasteiger charge is 2.67. The van der Waals surface area contributed by atoms with Crippen molar-refractivity contribution in [2.45, 2.75) is 71.2 Å². The van der Waals surface area contributed by atoms with E-state index in [1.165, 1.54) is 20.2 Å². The van der Waals surface area contributed by atoms with Crippen molar-refractivity contribution in [2.24, 2.45) is 22.7 Å². The van der Waals surface area contributed by atoms with Gasteiger partial charge in [-0.05, 0) is 37.2 Å². The maximum absolute atomic E-state index is 14.0. The van der Waals surface area contributed by atoms with E-state index in [0.29, 0.717) is 31.4 Å². The van der Waals surface area contributed by atoms with Crippen molar-refractivity contribution in [1.29, 1.82) is 0 Å². The number of ketones is 2. The van der Waals surface area contributed by atoms with Gasteiger partial charge in [0.1, 0.15) is 12.2 Å². The predicted molar refractivity (Wildman–Crippen MR) is 135 cm³/mol. The number of carbonyl (C=O) groups is 5. The predicted octanol–water partition coefficient (Wildman–Crippen LogP) is 1.42. The molecule has 2 fully saturated rings. The number of aliphatic hydroxyl groups is 1. The molecule has 0 aromatic heterocycles. The fraction of sp³-hybridized carbons (Fsp3) is 0.679. The first kappa shape index (κ1) is 28.9. The van der Waals surface area contributed by atoms with Crippen LogP contribution in [-0.2, 0) is 38.2 Å². The van der Waals surface area contributed by atoms with Crippen LogP contribution in [0.3, 0.4) is 0 Å². The lowest BCUT2D eigenvalue weighted by Gasteiger charge is -2.56. The summed E-state index contributed by atoms with van der Waals surface area (Å²) in [7, 11) is 3.09. The molecule has 1 saturated heterocycles. The van der Waals surface area contributed by atoms with Crippen LogP contribution in [-0.4, -0.2) is 90.2 Å². The number of carboxylic acid groups (broad SMARTS) is 1. The number of rotatable bonds is 8. The van der Waals surface area contributed by atoms with Crippen molar-refractivity contribution < 1.29 is 48.4 Å². The molecule has 2 unspecified atom stereocenters. The molecule has 0 spiro atoms. The van der Waals surface area contributed by atoms with Crippen LogP contribution in [0.25, 0.3) is 0 Å². The summed E-state index contributed by atoms with van der Waals surface area (Å²) in [4.78, 5) is 66.0. The lowest BCUT2D eigenvalue weighted by molar-refractivity contribution is -0.175. The summed E-state index contributed by atoms with van der Waals surface area (Å²) >= 11 is 0.